The minimum absolute atomic E-state index is 0.0235. The number of ether oxygens (including phenoxy) is 1. The topological polar surface area (TPSA) is 66.9 Å². The van der Waals surface area contributed by atoms with Crippen LogP contribution in [0.25, 0.3) is 0 Å². The molecule has 0 N–H and O–H groups in total. The predicted octanol–water partition coefficient (Wildman–Crippen LogP) is 6.85. The molecule has 0 radical (unpaired) electrons. The number of esters is 1. The molecule has 0 aromatic heterocycles. The van der Waals surface area contributed by atoms with Crippen LogP contribution >= 0.6 is 0 Å². The molecule has 0 saturated carbocycles. The number of nitrogens with zero attached hydrogens (tertiary/aromatic N) is 2. The molecule has 2 aliphatic rings. The second kappa shape index (κ2) is 11.9. The maximum absolute atomic E-state index is 13.7. The molecular formula is C32H58N2O4. The Labute approximate surface area is 233 Å². The summed E-state index contributed by atoms with van der Waals surface area (Å²) in [6.45, 7) is 26.6. The molecule has 2 aliphatic heterocycles. The average molecular weight is 535 g/mol. The Morgan fingerprint density at radius 2 is 1.42 bits per heavy atom. The Balaban J connectivity index is 2.11. The van der Waals surface area contributed by atoms with Gasteiger partial charge in [0.25, 0.3) is 0 Å². The van der Waals surface area contributed by atoms with Crippen molar-refractivity contribution in [2.24, 2.45) is 27.1 Å². The van der Waals surface area contributed by atoms with Crippen LogP contribution < -0.4 is 0 Å². The van der Waals surface area contributed by atoms with Gasteiger partial charge in [-0.05, 0) is 60.7 Å². The lowest BCUT2D eigenvalue weighted by Crippen LogP contribution is -2.52. The average Bonchev–Trinajstić information content (AvgIpc) is 3.37. The van der Waals surface area contributed by atoms with Crippen LogP contribution in [0.5, 0.6) is 0 Å². The van der Waals surface area contributed by atoms with Crippen molar-refractivity contribution in [3.8, 4) is 0 Å². The number of likely N-dealkylation sites (tertiary alicyclic amines) is 2. The summed E-state index contributed by atoms with van der Waals surface area (Å²) in [6, 6.07) is 0.216. The van der Waals surface area contributed by atoms with Gasteiger partial charge >= 0.3 is 5.97 Å². The summed E-state index contributed by atoms with van der Waals surface area (Å²) in [5.74, 6) is 0.281. The molecule has 2 atom stereocenters. The van der Waals surface area contributed by atoms with E-state index >= 15 is 0 Å². The van der Waals surface area contributed by atoms with Gasteiger partial charge in [0, 0.05) is 32.0 Å². The first-order valence-electron chi connectivity index (χ1n) is 15.0. The molecule has 6 nitrogen and oxygen atoms in total. The van der Waals surface area contributed by atoms with Gasteiger partial charge in [0.1, 0.15) is 6.61 Å². The van der Waals surface area contributed by atoms with E-state index in [4.69, 9.17) is 4.74 Å². The van der Waals surface area contributed by atoms with Crippen molar-refractivity contribution < 1.29 is 19.1 Å². The lowest BCUT2D eigenvalue weighted by molar-refractivity contribution is -0.175. The number of carbonyl (C=O) groups excluding carboxylic acids is 3. The van der Waals surface area contributed by atoms with Gasteiger partial charge in [0.2, 0.25) is 11.8 Å². The molecule has 0 spiro atoms. The Morgan fingerprint density at radius 1 is 0.842 bits per heavy atom. The molecule has 2 fully saturated rings. The van der Waals surface area contributed by atoms with E-state index in [2.05, 4.69) is 81.1 Å². The van der Waals surface area contributed by atoms with Crippen LogP contribution in [0.4, 0.5) is 0 Å². The van der Waals surface area contributed by atoms with Crippen LogP contribution in [0.2, 0.25) is 0 Å². The first-order chi connectivity index (χ1) is 17.2. The predicted molar refractivity (Wildman–Crippen MR) is 155 cm³/mol. The molecule has 6 heteroatoms. The summed E-state index contributed by atoms with van der Waals surface area (Å²) in [5.41, 5.74) is -1.19. The molecular weight excluding hydrogens is 476 g/mol. The summed E-state index contributed by atoms with van der Waals surface area (Å²) < 4.78 is 5.87. The minimum Gasteiger partial charge on any atom is -0.463 e. The smallest absolute Gasteiger partial charge is 0.312 e. The fourth-order valence-corrected chi connectivity index (χ4v) is 6.72. The summed E-state index contributed by atoms with van der Waals surface area (Å²) in [4.78, 5) is 42.3. The minimum atomic E-state index is -0.700. The number of carbonyl (C=O) groups is 3. The van der Waals surface area contributed by atoms with Gasteiger partial charge in [0.05, 0.1) is 12.0 Å². The summed E-state index contributed by atoms with van der Waals surface area (Å²) in [7, 11) is 0. The normalized spacial score (nSPS) is 20.2. The molecule has 220 valence electrons. The standard InChI is InChI=1S/C32H58N2O4/c1-28(2,3)23-24(34-20-13-16-26(34)36)30(7,8)17-14-18-31(9,10)32(11,29(4,5)6)27(37)38-22-21-33-19-12-15-25(33)35/h24H,12-23H2,1-11H3. The van der Waals surface area contributed by atoms with Crippen LogP contribution in [0.1, 0.15) is 128 Å². The third-order valence-corrected chi connectivity index (χ3v) is 9.84. The molecule has 38 heavy (non-hydrogen) atoms. The van der Waals surface area contributed by atoms with Crippen LogP contribution in [0.15, 0.2) is 0 Å². The van der Waals surface area contributed by atoms with Crippen molar-refractivity contribution in [2.75, 3.05) is 26.2 Å². The van der Waals surface area contributed by atoms with Gasteiger partial charge < -0.3 is 14.5 Å². The maximum Gasteiger partial charge on any atom is 0.312 e. The lowest BCUT2D eigenvalue weighted by Gasteiger charge is -2.51. The molecule has 0 aromatic rings. The van der Waals surface area contributed by atoms with E-state index < -0.39 is 5.41 Å². The van der Waals surface area contributed by atoms with Crippen molar-refractivity contribution in [1.29, 1.82) is 0 Å². The molecule has 2 unspecified atom stereocenters. The Hall–Kier alpha value is -1.59. The van der Waals surface area contributed by atoms with Crippen molar-refractivity contribution in [3.63, 3.8) is 0 Å². The van der Waals surface area contributed by atoms with E-state index in [1.807, 2.05) is 0 Å². The zero-order chi connectivity index (χ0) is 29.2. The SMILES string of the molecule is CC(C)(C)CC(N1CCCC1=O)C(C)(C)CCCC(C)(C)C(C)(C(=O)OCCN1CCCC1=O)C(C)(C)C. The van der Waals surface area contributed by atoms with E-state index in [1.54, 1.807) is 4.90 Å². The van der Waals surface area contributed by atoms with Crippen molar-refractivity contribution in [3.05, 3.63) is 0 Å². The Bertz CT molecular complexity index is 849. The summed E-state index contributed by atoms with van der Waals surface area (Å²) in [6.07, 6.45) is 6.96. The van der Waals surface area contributed by atoms with Crippen molar-refractivity contribution >= 4 is 17.8 Å². The first kappa shape index (κ1) is 32.6. The molecule has 2 rings (SSSR count). The Morgan fingerprint density at radius 3 is 1.89 bits per heavy atom. The first-order valence-corrected chi connectivity index (χ1v) is 15.0. The van der Waals surface area contributed by atoms with Gasteiger partial charge in [-0.25, -0.2) is 0 Å². The molecule has 2 heterocycles. The van der Waals surface area contributed by atoms with Crippen molar-refractivity contribution in [2.45, 2.75) is 134 Å². The van der Waals surface area contributed by atoms with Crippen LogP contribution in [0.3, 0.4) is 0 Å². The number of rotatable bonds is 12. The molecule has 0 bridgehead atoms. The van der Waals surface area contributed by atoms with Crippen LogP contribution in [-0.2, 0) is 19.1 Å². The van der Waals surface area contributed by atoms with Gasteiger partial charge in [0.15, 0.2) is 0 Å². The van der Waals surface area contributed by atoms with Crippen molar-refractivity contribution in [1.82, 2.24) is 9.80 Å². The van der Waals surface area contributed by atoms with Gasteiger partial charge in [-0.3, -0.25) is 14.4 Å². The maximum atomic E-state index is 13.7. The highest BCUT2D eigenvalue weighted by Crippen LogP contribution is 2.55. The Kier molecular flexibility index (Phi) is 10.2. The zero-order valence-electron chi connectivity index (χ0n) is 26.6. The van der Waals surface area contributed by atoms with Crippen LogP contribution in [-0.4, -0.2) is 59.9 Å². The highest BCUT2D eigenvalue weighted by molar-refractivity contribution is 5.79. The summed E-state index contributed by atoms with van der Waals surface area (Å²) >= 11 is 0. The third-order valence-electron chi connectivity index (χ3n) is 9.84. The number of amides is 2. The highest BCUT2D eigenvalue weighted by Gasteiger charge is 2.55. The number of hydrogen-bond acceptors (Lipinski definition) is 4. The molecule has 2 saturated heterocycles. The zero-order valence-corrected chi connectivity index (χ0v) is 26.6. The van der Waals surface area contributed by atoms with E-state index in [9.17, 15) is 14.4 Å². The van der Waals surface area contributed by atoms with Gasteiger partial charge in [-0.2, -0.15) is 0 Å². The van der Waals surface area contributed by atoms with E-state index in [-0.39, 0.29) is 46.2 Å². The monoisotopic (exact) mass is 534 g/mol. The second-order valence-corrected chi connectivity index (χ2v) is 15.7. The van der Waals surface area contributed by atoms with Gasteiger partial charge in [-0.1, -0.05) is 75.7 Å². The fraction of sp³-hybridized carbons (Fsp3) is 0.906. The summed E-state index contributed by atoms with van der Waals surface area (Å²) in [5, 5.41) is 0. The quantitative estimate of drug-likeness (QED) is 0.257. The van der Waals surface area contributed by atoms with Crippen LogP contribution in [0, 0.1) is 27.1 Å². The third kappa shape index (κ3) is 7.53. The van der Waals surface area contributed by atoms with E-state index in [0.717, 1.165) is 51.6 Å². The number of hydrogen-bond donors (Lipinski definition) is 0. The largest absolute Gasteiger partial charge is 0.463 e. The molecule has 0 aliphatic carbocycles. The van der Waals surface area contributed by atoms with E-state index in [0.29, 0.717) is 25.3 Å². The lowest BCUT2D eigenvalue weighted by atomic mass is 9.53. The highest BCUT2D eigenvalue weighted by atomic mass is 16.5. The van der Waals surface area contributed by atoms with E-state index in [1.165, 1.54) is 0 Å². The van der Waals surface area contributed by atoms with Gasteiger partial charge in [-0.15, -0.1) is 0 Å². The molecule has 0 aromatic carbocycles. The fourth-order valence-electron chi connectivity index (χ4n) is 6.72. The second-order valence-electron chi connectivity index (χ2n) is 15.7. The molecule has 2 amide bonds.